The lowest BCUT2D eigenvalue weighted by Crippen LogP contribution is -2.27. The summed E-state index contributed by atoms with van der Waals surface area (Å²) in [5.41, 5.74) is 1.45. The Kier molecular flexibility index (Phi) is 5.69. The Balaban J connectivity index is 1.57. The van der Waals surface area contributed by atoms with E-state index in [-0.39, 0.29) is 17.4 Å². The van der Waals surface area contributed by atoms with E-state index in [1.807, 2.05) is 27.7 Å². The summed E-state index contributed by atoms with van der Waals surface area (Å²) in [5.74, 6) is 1.06. The van der Waals surface area contributed by atoms with Gasteiger partial charge in [0.25, 0.3) is 11.1 Å². The van der Waals surface area contributed by atoms with Crippen LogP contribution in [0.5, 0.6) is 0 Å². The Hall–Kier alpha value is -2.87. The van der Waals surface area contributed by atoms with Gasteiger partial charge in [0.1, 0.15) is 5.76 Å². The van der Waals surface area contributed by atoms with Gasteiger partial charge in [-0.15, -0.1) is 10.2 Å². The van der Waals surface area contributed by atoms with E-state index in [9.17, 15) is 9.59 Å². The summed E-state index contributed by atoms with van der Waals surface area (Å²) in [6.07, 6.45) is 1.55. The number of hydrogen-bond donors (Lipinski definition) is 1. The van der Waals surface area contributed by atoms with Gasteiger partial charge < -0.3 is 14.2 Å². The van der Waals surface area contributed by atoms with Gasteiger partial charge in [-0.05, 0) is 37.3 Å². The number of thioether (sulfide) groups is 1. The fourth-order valence-corrected chi connectivity index (χ4v) is 2.91. The number of hydrogen-bond acceptors (Lipinski definition) is 7. The van der Waals surface area contributed by atoms with E-state index in [2.05, 4.69) is 15.5 Å². The summed E-state index contributed by atoms with van der Waals surface area (Å²) in [6.45, 7) is 7.33. The highest BCUT2D eigenvalue weighted by atomic mass is 32.2. The van der Waals surface area contributed by atoms with Crippen molar-refractivity contribution in [1.29, 1.82) is 0 Å². The standard InChI is InChI=1S/C20H21N3O4S/c1-12-15(9-10-26-12)17-22-23-19(27-17)28-11-16(24)13-5-7-14(8-6-13)21-18(25)20(2,3)4/h5-10H,11H2,1-4H3,(H,21,25). The maximum Gasteiger partial charge on any atom is 0.277 e. The van der Waals surface area contributed by atoms with Crippen molar-refractivity contribution < 1.29 is 18.4 Å². The van der Waals surface area contributed by atoms with Gasteiger partial charge in [0.2, 0.25) is 5.91 Å². The van der Waals surface area contributed by atoms with E-state index < -0.39 is 5.41 Å². The van der Waals surface area contributed by atoms with Crippen molar-refractivity contribution in [3.63, 3.8) is 0 Å². The Labute approximate surface area is 166 Å². The molecule has 2 aromatic heterocycles. The maximum absolute atomic E-state index is 12.4. The Bertz CT molecular complexity index is 984. The van der Waals surface area contributed by atoms with Gasteiger partial charge in [-0.1, -0.05) is 32.5 Å². The summed E-state index contributed by atoms with van der Waals surface area (Å²) in [5, 5.41) is 11.1. The van der Waals surface area contributed by atoms with Crippen molar-refractivity contribution in [3.8, 4) is 11.5 Å². The van der Waals surface area contributed by atoms with E-state index >= 15 is 0 Å². The van der Waals surface area contributed by atoms with E-state index in [1.165, 1.54) is 11.8 Å². The number of Topliss-reactive ketones (excluding diaryl/α,β-unsaturated/α-hetero) is 1. The highest BCUT2D eigenvalue weighted by Crippen LogP contribution is 2.26. The highest BCUT2D eigenvalue weighted by molar-refractivity contribution is 7.99. The molecule has 8 heteroatoms. The van der Waals surface area contributed by atoms with Crippen LogP contribution in [-0.2, 0) is 4.79 Å². The smallest absolute Gasteiger partial charge is 0.277 e. The van der Waals surface area contributed by atoms with E-state index in [0.29, 0.717) is 28.1 Å². The molecule has 1 aromatic carbocycles. The van der Waals surface area contributed by atoms with Crippen LogP contribution < -0.4 is 5.32 Å². The number of amides is 1. The van der Waals surface area contributed by atoms with Crippen molar-refractivity contribution in [2.75, 3.05) is 11.1 Å². The van der Waals surface area contributed by atoms with Crippen LogP contribution >= 0.6 is 11.8 Å². The lowest BCUT2D eigenvalue weighted by Gasteiger charge is -2.17. The van der Waals surface area contributed by atoms with E-state index in [1.54, 1.807) is 36.6 Å². The molecule has 0 saturated carbocycles. The molecule has 1 N–H and O–H groups in total. The van der Waals surface area contributed by atoms with Crippen LogP contribution in [0.15, 0.2) is 50.7 Å². The molecule has 0 aliphatic carbocycles. The number of carbonyl (C=O) groups is 2. The van der Waals surface area contributed by atoms with Crippen LogP contribution in [0.3, 0.4) is 0 Å². The molecule has 0 aliphatic rings. The topological polar surface area (TPSA) is 98.2 Å². The predicted molar refractivity (Wildman–Crippen MR) is 106 cm³/mol. The molecule has 7 nitrogen and oxygen atoms in total. The largest absolute Gasteiger partial charge is 0.469 e. The zero-order valence-electron chi connectivity index (χ0n) is 16.1. The second-order valence-corrected chi connectivity index (χ2v) is 8.18. The van der Waals surface area contributed by atoms with Gasteiger partial charge in [-0.25, -0.2) is 0 Å². The minimum absolute atomic E-state index is 0.0714. The quantitative estimate of drug-likeness (QED) is 0.478. The lowest BCUT2D eigenvalue weighted by atomic mass is 9.95. The molecule has 28 heavy (non-hydrogen) atoms. The number of rotatable bonds is 6. The van der Waals surface area contributed by atoms with E-state index in [0.717, 1.165) is 5.56 Å². The molecular formula is C20H21N3O4S. The minimum Gasteiger partial charge on any atom is -0.469 e. The average Bonchev–Trinajstić information content (AvgIpc) is 3.28. The van der Waals surface area contributed by atoms with Crippen molar-refractivity contribution in [2.24, 2.45) is 5.41 Å². The highest BCUT2D eigenvalue weighted by Gasteiger charge is 2.21. The van der Waals surface area contributed by atoms with E-state index in [4.69, 9.17) is 8.83 Å². The first kappa shape index (κ1) is 19.9. The molecule has 2 heterocycles. The van der Waals surface area contributed by atoms with Gasteiger partial charge in [0.05, 0.1) is 17.6 Å². The van der Waals surface area contributed by atoms with Crippen molar-refractivity contribution in [1.82, 2.24) is 10.2 Å². The molecule has 0 radical (unpaired) electrons. The second-order valence-electron chi connectivity index (χ2n) is 7.26. The summed E-state index contributed by atoms with van der Waals surface area (Å²) < 4.78 is 10.8. The molecule has 0 fully saturated rings. The molecule has 0 unspecified atom stereocenters. The van der Waals surface area contributed by atoms with Gasteiger partial charge in [0, 0.05) is 16.7 Å². The maximum atomic E-state index is 12.4. The number of furan rings is 1. The SMILES string of the molecule is Cc1occc1-c1nnc(SCC(=O)c2ccc(NC(=O)C(C)(C)C)cc2)o1. The van der Waals surface area contributed by atoms with Gasteiger partial charge in [-0.2, -0.15) is 0 Å². The van der Waals surface area contributed by atoms with Gasteiger partial charge >= 0.3 is 0 Å². The molecule has 146 valence electrons. The first-order chi connectivity index (χ1) is 13.2. The van der Waals surface area contributed by atoms with Gasteiger partial charge in [0.15, 0.2) is 5.78 Å². The fraction of sp³-hybridized carbons (Fsp3) is 0.300. The zero-order chi connectivity index (χ0) is 20.3. The average molecular weight is 399 g/mol. The Morgan fingerprint density at radius 1 is 1.11 bits per heavy atom. The lowest BCUT2D eigenvalue weighted by molar-refractivity contribution is -0.123. The molecule has 0 spiro atoms. The molecule has 1 amide bonds. The Morgan fingerprint density at radius 2 is 1.82 bits per heavy atom. The number of anilines is 1. The molecule has 0 aliphatic heterocycles. The second kappa shape index (κ2) is 8.02. The van der Waals surface area contributed by atoms with Crippen LogP contribution in [0.2, 0.25) is 0 Å². The number of carbonyl (C=O) groups excluding carboxylic acids is 2. The van der Waals surface area contributed by atoms with Crippen molar-refractivity contribution in [3.05, 3.63) is 47.9 Å². The van der Waals surface area contributed by atoms with Gasteiger partial charge in [-0.3, -0.25) is 9.59 Å². The molecular weight excluding hydrogens is 378 g/mol. The number of nitrogens with zero attached hydrogens (tertiary/aromatic N) is 2. The zero-order valence-corrected chi connectivity index (χ0v) is 16.9. The number of nitrogens with one attached hydrogen (secondary N) is 1. The molecule has 0 bridgehead atoms. The number of benzene rings is 1. The fourth-order valence-electron chi connectivity index (χ4n) is 2.25. The number of aromatic nitrogens is 2. The first-order valence-corrected chi connectivity index (χ1v) is 9.68. The molecule has 3 aromatic rings. The predicted octanol–water partition coefficient (Wildman–Crippen LogP) is 4.60. The molecule has 3 rings (SSSR count). The Morgan fingerprint density at radius 3 is 2.43 bits per heavy atom. The van der Waals surface area contributed by atoms with Crippen LogP contribution in [-0.4, -0.2) is 27.6 Å². The summed E-state index contributed by atoms with van der Waals surface area (Å²) in [4.78, 5) is 24.4. The first-order valence-electron chi connectivity index (χ1n) is 8.69. The third-order valence-corrected chi connectivity index (χ3v) is 4.79. The van der Waals surface area contributed by atoms with Crippen LogP contribution in [0.4, 0.5) is 5.69 Å². The summed E-state index contributed by atoms with van der Waals surface area (Å²) >= 11 is 1.18. The molecule has 0 saturated heterocycles. The van der Waals surface area contributed by atoms with Crippen LogP contribution in [0.25, 0.3) is 11.5 Å². The third kappa shape index (κ3) is 4.69. The van der Waals surface area contributed by atoms with Crippen LogP contribution in [0.1, 0.15) is 36.9 Å². The number of ketones is 1. The summed E-state index contributed by atoms with van der Waals surface area (Å²) in [6, 6.07) is 8.56. The van der Waals surface area contributed by atoms with Crippen molar-refractivity contribution >= 4 is 29.1 Å². The molecule has 0 atom stereocenters. The summed E-state index contributed by atoms with van der Waals surface area (Å²) in [7, 11) is 0. The van der Waals surface area contributed by atoms with Crippen molar-refractivity contribution in [2.45, 2.75) is 32.9 Å². The monoisotopic (exact) mass is 399 g/mol. The number of aryl methyl sites for hydroxylation is 1. The van der Waals surface area contributed by atoms with Crippen LogP contribution in [0, 0.1) is 12.3 Å². The normalized spacial score (nSPS) is 11.4. The third-order valence-electron chi connectivity index (χ3n) is 3.97. The minimum atomic E-state index is -0.483.